The molecule has 0 aromatic heterocycles. The number of rotatable bonds is 4. The quantitative estimate of drug-likeness (QED) is 0.352. The van der Waals surface area contributed by atoms with Gasteiger partial charge in [0.05, 0.1) is 0 Å². The van der Waals surface area contributed by atoms with Gasteiger partial charge in [-0.05, 0) is 23.3 Å². The molecule has 3 rings (SSSR count). The maximum atomic E-state index is 14.8. The largest absolute Gasteiger partial charge is 0.206 e. The van der Waals surface area contributed by atoms with E-state index in [1.807, 2.05) is 66.7 Å². The molecule has 0 N–H and O–H groups in total. The van der Waals surface area contributed by atoms with Gasteiger partial charge in [0.15, 0.2) is 0 Å². The van der Waals surface area contributed by atoms with Crippen molar-refractivity contribution in [3.63, 3.8) is 0 Å². The average molecular weight is 458 g/mol. The summed E-state index contributed by atoms with van der Waals surface area (Å²) in [6.07, 6.45) is 7.41. The van der Waals surface area contributed by atoms with Crippen molar-refractivity contribution in [2.24, 2.45) is 0 Å². The summed E-state index contributed by atoms with van der Waals surface area (Å²) in [5, 5.41) is 0. The Morgan fingerprint density at radius 2 is 0.880 bits per heavy atom. The number of hydrogen-bond donors (Lipinski definition) is 0. The van der Waals surface area contributed by atoms with Gasteiger partial charge in [-0.15, -0.1) is 0 Å². The van der Waals surface area contributed by atoms with Gasteiger partial charge < -0.3 is 0 Å². The second kappa shape index (κ2) is 8.41. The number of halogens is 3. The molecular formula is C22H15Br2F. The Labute approximate surface area is 164 Å². The summed E-state index contributed by atoms with van der Waals surface area (Å²) in [7, 11) is 0. The third kappa shape index (κ3) is 4.56. The third-order valence-corrected chi connectivity index (χ3v) is 5.20. The highest BCUT2D eigenvalue weighted by atomic mass is 79.9. The molecule has 0 bridgehead atoms. The van der Waals surface area contributed by atoms with Crippen molar-refractivity contribution in [1.29, 1.82) is 0 Å². The standard InChI is InChI=1S/C22H15Br2F/c23-20-10-3-1-6-16(20)12-14-18-8-5-9-19(22(18)25)15-13-17-7-2-4-11-21(17)24/h1-15H/b14-12+,15-13+. The summed E-state index contributed by atoms with van der Waals surface area (Å²) >= 11 is 7.00. The first kappa shape index (κ1) is 17.8. The fourth-order valence-corrected chi connectivity index (χ4v) is 3.24. The molecule has 3 aromatic carbocycles. The monoisotopic (exact) mass is 456 g/mol. The first-order valence-corrected chi connectivity index (χ1v) is 9.37. The van der Waals surface area contributed by atoms with E-state index in [1.54, 1.807) is 24.3 Å². The van der Waals surface area contributed by atoms with E-state index < -0.39 is 0 Å². The minimum atomic E-state index is -0.228. The summed E-state index contributed by atoms with van der Waals surface area (Å²) in [5.41, 5.74) is 3.14. The van der Waals surface area contributed by atoms with Gasteiger partial charge in [0.1, 0.15) is 5.82 Å². The van der Waals surface area contributed by atoms with Crippen LogP contribution in [-0.4, -0.2) is 0 Å². The van der Waals surface area contributed by atoms with E-state index in [0.717, 1.165) is 20.1 Å². The van der Waals surface area contributed by atoms with Gasteiger partial charge in [0.2, 0.25) is 0 Å². The van der Waals surface area contributed by atoms with Crippen molar-refractivity contribution in [2.75, 3.05) is 0 Å². The molecule has 0 heterocycles. The Kier molecular flexibility index (Phi) is 6.00. The molecule has 0 fully saturated rings. The molecule has 0 radical (unpaired) electrons. The topological polar surface area (TPSA) is 0 Å². The molecule has 0 saturated heterocycles. The minimum Gasteiger partial charge on any atom is -0.206 e. The Morgan fingerprint density at radius 1 is 0.520 bits per heavy atom. The lowest BCUT2D eigenvalue weighted by Crippen LogP contribution is -1.87. The average Bonchev–Trinajstić information content (AvgIpc) is 2.62. The fourth-order valence-electron chi connectivity index (χ4n) is 2.41. The second-order valence-electron chi connectivity index (χ2n) is 5.46. The van der Waals surface area contributed by atoms with Crippen molar-refractivity contribution in [3.05, 3.63) is 104 Å². The molecule has 0 nitrogen and oxygen atoms in total. The molecule has 0 spiro atoms. The zero-order chi connectivity index (χ0) is 17.6. The van der Waals surface area contributed by atoms with E-state index in [-0.39, 0.29) is 5.82 Å². The molecule has 0 atom stereocenters. The lowest BCUT2D eigenvalue weighted by atomic mass is 10.1. The highest BCUT2D eigenvalue weighted by molar-refractivity contribution is 9.10. The smallest absolute Gasteiger partial charge is 0.137 e. The zero-order valence-electron chi connectivity index (χ0n) is 13.3. The van der Waals surface area contributed by atoms with Crippen LogP contribution in [0.4, 0.5) is 4.39 Å². The molecule has 25 heavy (non-hydrogen) atoms. The molecule has 0 aliphatic rings. The van der Waals surface area contributed by atoms with Crippen LogP contribution in [0.5, 0.6) is 0 Å². The highest BCUT2D eigenvalue weighted by Gasteiger charge is 2.04. The lowest BCUT2D eigenvalue weighted by Gasteiger charge is -2.03. The molecule has 3 heteroatoms. The second-order valence-corrected chi connectivity index (χ2v) is 7.17. The van der Waals surface area contributed by atoms with Crippen LogP contribution < -0.4 is 0 Å². The van der Waals surface area contributed by atoms with Gasteiger partial charge in [-0.25, -0.2) is 4.39 Å². The van der Waals surface area contributed by atoms with Crippen LogP contribution in [0, 0.1) is 5.82 Å². The molecule has 3 aromatic rings. The summed E-state index contributed by atoms with van der Waals surface area (Å²) < 4.78 is 16.7. The third-order valence-electron chi connectivity index (χ3n) is 3.75. The van der Waals surface area contributed by atoms with Crippen LogP contribution in [-0.2, 0) is 0 Å². The Bertz CT molecular complexity index is 869. The van der Waals surface area contributed by atoms with E-state index in [2.05, 4.69) is 31.9 Å². The first-order valence-electron chi connectivity index (χ1n) is 7.79. The highest BCUT2D eigenvalue weighted by Crippen LogP contribution is 2.23. The van der Waals surface area contributed by atoms with Gasteiger partial charge in [-0.3, -0.25) is 0 Å². The maximum Gasteiger partial charge on any atom is 0.137 e. The first-order chi connectivity index (χ1) is 12.1. The van der Waals surface area contributed by atoms with Crippen LogP contribution in [0.3, 0.4) is 0 Å². The Hall–Kier alpha value is -1.97. The normalized spacial score (nSPS) is 11.5. The molecule has 124 valence electrons. The Morgan fingerprint density at radius 3 is 1.32 bits per heavy atom. The van der Waals surface area contributed by atoms with E-state index >= 15 is 0 Å². The summed E-state index contributed by atoms with van der Waals surface area (Å²) in [6.45, 7) is 0. The predicted octanol–water partition coefficient (Wildman–Crippen LogP) is 7.69. The minimum absolute atomic E-state index is 0.228. The van der Waals surface area contributed by atoms with Gasteiger partial charge in [0, 0.05) is 20.1 Å². The molecule has 0 aliphatic carbocycles. The molecule has 0 unspecified atom stereocenters. The van der Waals surface area contributed by atoms with Crippen molar-refractivity contribution in [3.8, 4) is 0 Å². The van der Waals surface area contributed by atoms with Crippen molar-refractivity contribution in [1.82, 2.24) is 0 Å². The van der Waals surface area contributed by atoms with Crippen molar-refractivity contribution < 1.29 is 4.39 Å². The van der Waals surface area contributed by atoms with Crippen LogP contribution in [0.15, 0.2) is 75.7 Å². The van der Waals surface area contributed by atoms with E-state index in [1.165, 1.54) is 0 Å². The summed E-state index contributed by atoms with van der Waals surface area (Å²) in [4.78, 5) is 0. The zero-order valence-corrected chi connectivity index (χ0v) is 16.5. The van der Waals surface area contributed by atoms with Gasteiger partial charge in [-0.2, -0.15) is 0 Å². The number of hydrogen-bond acceptors (Lipinski definition) is 0. The van der Waals surface area contributed by atoms with Crippen LogP contribution in [0.1, 0.15) is 22.3 Å². The molecular weight excluding hydrogens is 443 g/mol. The van der Waals surface area contributed by atoms with Crippen LogP contribution >= 0.6 is 31.9 Å². The maximum absolute atomic E-state index is 14.8. The van der Waals surface area contributed by atoms with E-state index in [0.29, 0.717) is 11.1 Å². The van der Waals surface area contributed by atoms with Gasteiger partial charge in [-0.1, -0.05) is 111 Å². The van der Waals surface area contributed by atoms with Crippen LogP contribution in [0.25, 0.3) is 24.3 Å². The van der Waals surface area contributed by atoms with Crippen LogP contribution in [0.2, 0.25) is 0 Å². The molecule has 0 amide bonds. The van der Waals surface area contributed by atoms with Crippen molar-refractivity contribution >= 4 is 56.2 Å². The van der Waals surface area contributed by atoms with E-state index in [4.69, 9.17) is 0 Å². The van der Waals surface area contributed by atoms with Crippen molar-refractivity contribution in [2.45, 2.75) is 0 Å². The van der Waals surface area contributed by atoms with Gasteiger partial charge >= 0.3 is 0 Å². The van der Waals surface area contributed by atoms with Gasteiger partial charge in [0.25, 0.3) is 0 Å². The Balaban J connectivity index is 1.88. The fraction of sp³-hybridized carbons (Fsp3) is 0. The SMILES string of the molecule is Fc1c(/C=C/c2ccccc2Br)cccc1/C=C/c1ccccc1Br. The summed E-state index contributed by atoms with van der Waals surface area (Å²) in [6, 6.07) is 21.1. The molecule has 0 saturated carbocycles. The van der Waals surface area contributed by atoms with E-state index in [9.17, 15) is 4.39 Å². The lowest BCUT2D eigenvalue weighted by molar-refractivity contribution is 0.622. The number of benzene rings is 3. The predicted molar refractivity (Wildman–Crippen MR) is 113 cm³/mol. The molecule has 0 aliphatic heterocycles. The summed E-state index contributed by atoms with van der Waals surface area (Å²) in [5.74, 6) is -0.228.